The minimum Gasteiger partial charge on any atom is -0.465 e. The van der Waals surface area contributed by atoms with Crippen LogP contribution >= 0.6 is 23.5 Å². The standard InChI is InChI=1S/C21H25N3O3S2/c1-14-10-17(13-22-23-19(25)12-21(3)28-8-9-29-21)15(2)24(14)18-7-5-6-16(11-18)20(26)27-4/h5-7,10-11,13H,8-9,12H2,1-4H3,(H,23,25)/b22-13-. The van der Waals surface area contributed by atoms with Crippen LogP contribution in [-0.2, 0) is 9.53 Å². The summed E-state index contributed by atoms with van der Waals surface area (Å²) in [7, 11) is 1.37. The van der Waals surface area contributed by atoms with Gasteiger partial charge in [0, 0.05) is 34.1 Å². The third kappa shape index (κ3) is 5.05. The average molecular weight is 432 g/mol. The largest absolute Gasteiger partial charge is 0.465 e. The number of benzene rings is 1. The van der Waals surface area contributed by atoms with E-state index >= 15 is 0 Å². The fourth-order valence-corrected chi connectivity index (χ4v) is 6.20. The van der Waals surface area contributed by atoms with Crippen LogP contribution in [0, 0.1) is 13.8 Å². The van der Waals surface area contributed by atoms with Crippen LogP contribution in [0.3, 0.4) is 0 Å². The summed E-state index contributed by atoms with van der Waals surface area (Å²) in [5.74, 6) is 1.72. The van der Waals surface area contributed by atoms with Crippen molar-refractivity contribution in [1.82, 2.24) is 9.99 Å². The van der Waals surface area contributed by atoms with Crippen molar-refractivity contribution < 1.29 is 14.3 Å². The van der Waals surface area contributed by atoms with Gasteiger partial charge >= 0.3 is 5.97 Å². The molecule has 0 saturated carbocycles. The molecule has 0 unspecified atom stereocenters. The molecule has 2 heterocycles. The maximum Gasteiger partial charge on any atom is 0.337 e. The molecular weight excluding hydrogens is 406 g/mol. The van der Waals surface area contributed by atoms with E-state index in [1.54, 1.807) is 18.3 Å². The van der Waals surface area contributed by atoms with Crippen LogP contribution < -0.4 is 5.43 Å². The number of carbonyl (C=O) groups is 2. The Kier molecular flexibility index (Phi) is 6.74. The first kappa shape index (κ1) is 21.5. The Balaban J connectivity index is 1.73. The van der Waals surface area contributed by atoms with Crippen LogP contribution in [0.15, 0.2) is 35.4 Å². The fourth-order valence-electron chi connectivity index (χ4n) is 3.37. The Hall–Kier alpha value is -2.19. The van der Waals surface area contributed by atoms with Crippen LogP contribution in [0.1, 0.15) is 40.7 Å². The predicted molar refractivity (Wildman–Crippen MR) is 120 cm³/mol. The SMILES string of the molecule is COC(=O)c1cccc(-n2c(C)cc(/C=N\NC(=O)CC3(C)SCCS3)c2C)c1. The third-order valence-corrected chi connectivity index (χ3v) is 8.06. The number of nitrogens with zero attached hydrogens (tertiary/aromatic N) is 2. The molecule has 0 aliphatic carbocycles. The molecule has 1 aromatic carbocycles. The number of carbonyl (C=O) groups excluding carboxylic acids is 2. The molecule has 29 heavy (non-hydrogen) atoms. The summed E-state index contributed by atoms with van der Waals surface area (Å²) in [5, 5.41) is 4.15. The Labute approximate surface area is 179 Å². The number of hydrazone groups is 1. The van der Waals surface area contributed by atoms with Gasteiger partial charge < -0.3 is 9.30 Å². The number of thioether (sulfide) groups is 2. The van der Waals surface area contributed by atoms with Crippen molar-refractivity contribution in [2.75, 3.05) is 18.6 Å². The fraction of sp³-hybridized carbons (Fsp3) is 0.381. The average Bonchev–Trinajstić information content (AvgIpc) is 3.24. The Morgan fingerprint density at radius 2 is 2.00 bits per heavy atom. The van der Waals surface area contributed by atoms with Gasteiger partial charge in [0.25, 0.3) is 0 Å². The van der Waals surface area contributed by atoms with E-state index < -0.39 is 0 Å². The number of rotatable bonds is 6. The lowest BCUT2D eigenvalue weighted by Crippen LogP contribution is -2.26. The van der Waals surface area contributed by atoms with Crippen molar-refractivity contribution >= 4 is 41.6 Å². The number of esters is 1. The van der Waals surface area contributed by atoms with E-state index in [4.69, 9.17) is 4.74 Å². The van der Waals surface area contributed by atoms with Gasteiger partial charge in [-0.3, -0.25) is 4.79 Å². The highest BCUT2D eigenvalue weighted by Gasteiger charge is 2.32. The van der Waals surface area contributed by atoms with Gasteiger partial charge in [0.05, 0.1) is 29.4 Å². The highest BCUT2D eigenvalue weighted by molar-refractivity contribution is 8.21. The summed E-state index contributed by atoms with van der Waals surface area (Å²) in [6.45, 7) is 6.08. The zero-order valence-corrected chi connectivity index (χ0v) is 18.7. The highest BCUT2D eigenvalue weighted by atomic mass is 32.2. The van der Waals surface area contributed by atoms with Gasteiger partial charge in [-0.15, -0.1) is 23.5 Å². The summed E-state index contributed by atoms with van der Waals surface area (Å²) in [6.07, 6.45) is 2.11. The molecule has 1 aliphatic heterocycles. The molecule has 1 aromatic heterocycles. The normalized spacial score (nSPS) is 15.6. The maximum atomic E-state index is 12.2. The highest BCUT2D eigenvalue weighted by Crippen LogP contribution is 2.45. The number of ether oxygens (including phenoxy) is 1. The van der Waals surface area contributed by atoms with Crippen molar-refractivity contribution in [3.8, 4) is 5.69 Å². The molecule has 1 aliphatic rings. The van der Waals surface area contributed by atoms with Gasteiger partial charge in [0.15, 0.2) is 0 Å². The predicted octanol–water partition coefficient (Wildman–Crippen LogP) is 3.92. The molecule has 1 saturated heterocycles. The van der Waals surface area contributed by atoms with Crippen LogP contribution in [0.25, 0.3) is 5.69 Å². The molecular formula is C21H25N3O3S2. The summed E-state index contributed by atoms with van der Waals surface area (Å²) >= 11 is 3.65. The first-order valence-corrected chi connectivity index (χ1v) is 11.3. The first-order chi connectivity index (χ1) is 13.8. The minimum absolute atomic E-state index is 0.0555. The number of aryl methyl sites for hydroxylation is 1. The Bertz CT molecular complexity index is 947. The smallest absolute Gasteiger partial charge is 0.337 e. The Morgan fingerprint density at radius 3 is 2.69 bits per heavy atom. The van der Waals surface area contributed by atoms with Crippen molar-refractivity contribution in [2.45, 2.75) is 31.3 Å². The van der Waals surface area contributed by atoms with E-state index in [0.717, 1.165) is 34.1 Å². The van der Waals surface area contributed by atoms with Crippen molar-refractivity contribution in [2.24, 2.45) is 5.10 Å². The summed E-state index contributed by atoms with van der Waals surface area (Å²) in [4.78, 5) is 24.0. The molecule has 1 fully saturated rings. The van der Waals surface area contributed by atoms with Gasteiger partial charge in [-0.25, -0.2) is 10.2 Å². The second kappa shape index (κ2) is 9.09. The number of aromatic nitrogens is 1. The van der Waals surface area contributed by atoms with Gasteiger partial charge in [-0.2, -0.15) is 5.10 Å². The summed E-state index contributed by atoms with van der Waals surface area (Å²) < 4.78 is 6.80. The molecule has 1 amide bonds. The lowest BCUT2D eigenvalue weighted by molar-refractivity contribution is -0.121. The van der Waals surface area contributed by atoms with Crippen molar-refractivity contribution in [3.63, 3.8) is 0 Å². The molecule has 1 N–H and O–H groups in total. The number of nitrogens with one attached hydrogen (secondary N) is 1. The van der Waals surface area contributed by atoms with Crippen LogP contribution in [0.5, 0.6) is 0 Å². The third-order valence-electron chi connectivity index (χ3n) is 4.77. The van der Waals surface area contributed by atoms with Crippen LogP contribution in [-0.4, -0.2) is 45.4 Å². The number of amides is 1. The van der Waals surface area contributed by atoms with Gasteiger partial charge in [0.2, 0.25) is 5.91 Å². The number of methoxy groups -OCH3 is 1. The van der Waals surface area contributed by atoms with Crippen molar-refractivity contribution in [3.05, 3.63) is 52.8 Å². The van der Waals surface area contributed by atoms with E-state index in [2.05, 4.69) is 17.5 Å². The molecule has 0 atom stereocenters. The lowest BCUT2D eigenvalue weighted by atomic mass is 10.2. The zero-order valence-electron chi connectivity index (χ0n) is 17.0. The number of hydrogen-bond donors (Lipinski definition) is 1. The monoisotopic (exact) mass is 431 g/mol. The van der Waals surface area contributed by atoms with Crippen LogP contribution in [0.2, 0.25) is 0 Å². The molecule has 8 heteroatoms. The van der Waals surface area contributed by atoms with Gasteiger partial charge in [0.1, 0.15) is 0 Å². The quantitative estimate of drug-likeness (QED) is 0.426. The number of hydrogen-bond acceptors (Lipinski definition) is 6. The van der Waals surface area contributed by atoms with E-state index in [1.807, 2.05) is 60.1 Å². The minimum atomic E-state index is -0.369. The maximum absolute atomic E-state index is 12.2. The molecule has 154 valence electrons. The molecule has 0 radical (unpaired) electrons. The second-order valence-electron chi connectivity index (χ2n) is 7.00. The topological polar surface area (TPSA) is 72.7 Å². The molecule has 0 spiro atoms. The first-order valence-electron chi connectivity index (χ1n) is 9.30. The van der Waals surface area contributed by atoms with E-state index in [9.17, 15) is 9.59 Å². The zero-order chi connectivity index (χ0) is 21.0. The molecule has 6 nitrogen and oxygen atoms in total. The van der Waals surface area contributed by atoms with Gasteiger partial charge in [-0.05, 0) is 45.0 Å². The van der Waals surface area contributed by atoms with Gasteiger partial charge in [-0.1, -0.05) is 6.07 Å². The lowest BCUT2D eigenvalue weighted by Gasteiger charge is -2.19. The molecule has 3 rings (SSSR count). The second-order valence-corrected chi connectivity index (χ2v) is 10.5. The molecule has 0 bridgehead atoms. The van der Waals surface area contributed by atoms with Crippen molar-refractivity contribution in [1.29, 1.82) is 0 Å². The van der Waals surface area contributed by atoms with E-state index in [-0.39, 0.29) is 16.0 Å². The summed E-state index contributed by atoms with van der Waals surface area (Å²) in [5.41, 5.74) is 6.89. The van der Waals surface area contributed by atoms with E-state index in [1.165, 1.54) is 7.11 Å². The summed E-state index contributed by atoms with van der Waals surface area (Å²) in [6, 6.07) is 9.29. The molecule has 2 aromatic rings. The van der Waals surface area contributed by atoms with Crippen LogP contribution in [0.4, 0.5) is 0 Å². The Morgan fingerprint density at radius 1 is 1.28 bits per heavy atom. The van der Waals surface area contributed by atoms with E-state index in [0.29, 0.717) is 12.0 Å².